The van der Waals surface area contributed by atoms with E-state index in [9.17, 15) is 0 Å². The summed E-state index contributed by atoms with van der Waals surface area (Å²) in [6.07, 6.45) is 0. The van der Waals surface area contributed by atoms with E-state index in [0.29, 0.717) is 16.6 Å². The van der Waals surface area contributed by atoms with Crippen LogP contribution < -0.4 is 10.1 Å². The lowest BCUT2D eigenvalue weighted by Crippen LogP contribution is -2.23. The van der Waals surface area contributed by atoms with Gasteiger partial charge in [-0.05, 0) is 12.1 Å². The molecule has 0 radical (unpaired) electrons. The average Bonchev–Trinajstić information content (AvgIpc) is 2.06. The highest BCUT2D eigenvalue weighted by molar-refractivity contribution is 9.10. The molecule has 13 heavy (non-hydrogen) atoms. The second-order valence-corrected chi connectivity index (χ2v) is 4.41. The summed E-state index contributed by atoms with van der Waals surface area (Å²) >= 11 is 14.3. The third-order valence-electron chi connectivity index (χ3n) is 1.64. The van der Waals surface area contributed by atoms with E-state index in [-0.39, 0.29) is 0 Å². The van der Waals surface area contributed by atoms with E-state index < -0.39 is 0 Å². The SMILES string of the molecule is S=C1COc2cc(Br)cc(Cl)c2N1. The number of ether oxygens (including phenoxy) is 1. The van der Waals surface area contributed by atoms with Crippen LogP contribution in [-0.4, -0.2) is 11.6 Å². The molecule has 1 aliphatic rings. The van der Waals surface area contributed by atoms with E-state index in [1.54, 1.807) is 6.07 Å². The van der Waals surface area contributed by atoms with E-state index >= 15 is 0 Å². The second-order valence-electron chi connectivity index (χ2n) is 2.60. The van der Waals surface area contributed by atoms with Crippen LogP contribution in [0.2, 0.25) is 5.02 Å². The van der Waals surface area contributed by atoms with Crippen molar-refractivity contribution in [2.24, 2.45) is 0 Å². The van der Waals surface area contributed by atoms with Crippen molar-refractivity contribution in [2.45, 2.75) is 0 Å². The topological polar surface area (TPSA) is 21.3 Å². The molecule has 0 unspecified atom stereocenters. The number of thiocarbonyl (C=S) groups is 1. The van der Waals surface area contributed by atoms with Gasteiger partial charge in [-0.3, -0.25) is 0 Å². The van der Waals surface area contributed by atoms with Crippen molar-refractivity contribution >= 4 is 50.4 Å². The van der Waals surface area contributed by atoms with Gasteiger partial charge in [-0.25, -0.2) is 0 Å². The fourth-order valence-corrected chi connectivity index (χ4v) is 2.09. The summed E-state index contributed by atoms with van der Waals surface area (Å²) in [4.78, 5) is 0.650. The minimum Gasteiger partial charge on any atom is -0.484 e. The van der Waals surface area contributed by atoms with Gasteiger partial charge in [0, 0.05) is 4.47 Å². The summed E-state index contributed by atoms with van der Waals surface area (Å²) in [5.41, 5.74) is 0.751. The van der Waals surface area contributed by atoms with Gasteiger partial charge in [0.2, 0.25) is 0 Å². The minimum atomic E-state index is 0.412. The molecule has 2 nitrogen and oxygen atoms in total. The van der Waals surface area contributed by atoms with Gasteiger partial charge in [-0.15, -0.1) is 0 Å². The van der Waals surface area contributed by atoms with Crippen LogP contribution in [0.15, 0.2) is 16.6 Å². The molecular formula is C8H5BrClNOS. The zero-order valence-corrected chi connectivity index (χ0v) is 9.59. The Morgan fingerprint density at radius 3 is 3.08 bits per heavy atom. The van der Waals surface area contributed by atoms with Gasteiger partial charge < -0.3 is 10.1 Å². The Kier molecular flexibility index (Phi) is 2.45. The van der Waals surface area contributed by atoms with Crippen molar-refractivity contribution in [1.82, 2.24) is 0 Å². The van der Waals surface area contributed by atoms with Crippen LogP contribution in [0.4, 0.5) is 5.69 Å². The van der Waals surface area contributed by atoms with Crippen molar-refractivity contribution < 1.29 is 4.74 Å². The maximum atomic E-state index is 5.98. The molecule has 0 aromatic heterocycles. The Bertz CT molecular complexity index is 383. The normalized spacial score (nSPS) is 14.5. The van der Waals surface area contributed by atoms with Gasteiger partial charge in [-0.2, -0.15) is 0 Å². The Hall–Kier alpha value is -0.320. The van der Waals surface area contributed by atoms with Crippen LogP contribution >= 0.6 is 39.7 Å². The lowest BCUT2D eigenvalue weighted by Gasteiger charge is -2.20. The van der Waals surface area contributed by atoms with Crippen molar-refractivity contribution in [3.63, 3.8) is 0 Å². The molecule has 5 heteroatoms. The first kappa shape index (κ1) is 9.24. The third kappa shape index (κ3) is 1.80. The van der Waals surface area contributed by atoms with Crippen LogP contribution in [0.25, 0.3) is 0 Å². The van der Waals surface area contributed by atoms with E-state index in [0.717, 1.165) is 15.9 Å². The second kappa shape index (κ2) is 3.44. The molecule has 0 fully saturated rings. The highest BCUT2D eigenvalue weighted by Crippen LogP contribution is 2.37. The van der Waals surface area contributed by atoms with E-state index in [1.165, 1.54) is 0 Å². The number of anilines is 1. The molecule has 0 amide bonds. The number of nitrogens with one attached hydrogen (secondary N) is 1. The van der Waals surface area contributed by atoms with Gasteiger partial charge >= 0.3 is 0 Å². The fraction of sp³-hybridized carbons (Fsp3) is 0.125. The molecule has 2 rings (SSSR count). The predicted molar refractivity (Wildman–Crippen MR) is 60.9 cm³/mol. The summed E-state index contributed by atoms with van der Waals surface area (Å²) in [6.45, 7) is 0.412. The van der Waals surface area contributed by atoms with Gasteiger partial charge in [0.15, 0.2) is 0 Å². The maximum Gasteiger partial charge on any atom is 0.146 e. The highest BCUT2D eigenvalue weighted by atomic mass is 79.9. The summed E-state index contributed by atoms with van der Waals surface area (Å²) in [6, 6.07) is 3.65. The zero-order valence-electron chi connectivity index (χ0n) is 6.43. The molecule has 0 saturated carbocycles. The predicted octanol–water partition coefficient (Wildman–Crippen LogP) is 3.23. The largest absolute Gasteiger partial charge is 0.484 e. The number of fused-ring (bicyclic) bond motifs is 1. The molecule has 0 saturated heterocycles. The molecule has 0 spiro atoms. The molecule has 0 aliphatic carbocycles. The molecule has 1 N–H and O–H groups in total. The molecule has 1 aromatic rings. The Morgan fingerprint density at radius 1 is 1.54 bits per heavy atom. The van der Waals surface area contributed by atoms with E-state index in [1.807, 2.05) is 6.07 Å². The van der Waals surface area contributed by atoms with Crippen molar-refractivity contribution in [2.75, 3.05) is 11.9 Å². The maximum absolute atomic E-state index is 5.98. The number of halogens is 2. The third-order valence-corrected chi connectivity index (χ3v) is 2.62. The molecule has 68 valence electrons. The van der Waals surface area contributed by atoms with Gasteiger partial charge in [-0.1, -0.05) is 39.7 Å². The number of benzene rings is 1. The monoisotopic (exact) mass is 277 g/mol. The summed E-state index contributed by atoms with van der Waals surface area (Å²) < 4.78 is 6.27. The number of rotatable bonds is 0. The van der Waals surface area contributed by atoms with E-state index in [2.05, 4.69) is 21.2 Å². The van der Waals surface area contributed by atoms with Crippen molar-refractivity contribution in [3.8, 4) is 5.75 Å². The quantitative estimate of drug-likeness (QED) is 0.736. The Balaban J connectivity index is 2.53. The van der Waals surface area contributed by atoms with Gasteiger partial charge in [0.25, 0.3) is 0 Å². The number of hydrogen-bond donors (Lipinski definition) is 1. The lowest BCUT2D eigenvalue weighted by molar-refractivity contribution is 0.375. The van der Waals surface area contributed by atoms with E-state index in [4.69, 9.17) is 28.6 Å². The van der Waals surface area contributed by atoms with Crippen LogP contribution in [0.1, 0.15) is 0 Å². The summed E-state index contributed by atoms with van der Waals surface area (Å²) in [7, 11) is 0. The standard InChI is InChI=1S/C8H5BrClNOS/c9-4-1-5(10)8-6(2-4)12-3-7(13)11-8/h1-2H,3H2,(H,11,13). The summed E-state index contributed by atoms with van der Waals surface area (Å²) in [5, 5.41) is 3.61. The summed E-state index contributed by atoms with van der Waals surface area (Å²) in [5.74, 6) is 0.730. The van der Waals surface area contributed by atoms with Crippen LogP contribution in [0.3, 0.4) is 0 Å². The Labute approximate surface area is 94.3 Å². The van der Waals surface area contributed by atoms with Crippen molar-refractivity contribution in [1.29, 1.82) is 0 Å². The molecule has 1 aliphatic heterocycles. The molecule has 1 aromatic carbocycles. The Morgan fingerprint density at radius 2 is 2.31 bits per heavy atom. The first-order chi connectivity index (χ1) is 6.16. The van der Waals surface area contributed by atoms with Gasteiger partial charge in [0.05, 0.1) is 5.02 Å². The first-order valence-corrected chi connectivity index (χ1v) is 5.16. The molecule has 0 bridgehead atoms. The molecular weight excluding hydrogens is 274 g/mol. The number of hydrogen-bond acceptors (Lipinski definition) is 2. The average molecular weight is 279 g/mol. The van der Waals surface area contributed by atoms with Crippen LogP contribution in [0, 0.1) is 0 Å². The highest BCUT2D eigenvalue weighted by Gasteiger charge is 2.16. The van der Waals surface area contributed by atoms with Crippen molar-refractivity contribution in [3.05, 3.63) is 21.6 Å². The minimum absolute atomic E-state index is 0.412. The fourth-order valence-electron chi connectivity index (χ4n) is 1.10. The smallest absolute Gasteiger partial charge is 0.146 e. The van der Waals surface area contributed by atoms with Gasteiger partial charge in [0.1, 0.15) is 23.0 Å². The van der Waals surface area contributed by atoms with Crippen LogP contribution in [0.5, 0.6) is 5.75 Å². The zero-order chi connectivity index (χ0) is 9.42. The van der Waals surface area contributed by atoms with Crippen LogP contribution in [-0.2, 0) is 0 Å². The first-order valence-electron chi connectivity index (χ1n) is 3.58. The molecule has 1 heterocycles. The molecule has 0 atom stereocenters. The lowest BCUT2D eigenvalue weighted by atomic mass is 10.2.